The zero-order chi connectivity index (χ0) is 13.3. The van der Waals surface area contributed by atoms with Crippen LogP contribution in [0.4, 0.5) is 8.78 Å². The lowest BCUT2D eigenvalue weighted by atomic mass is 10.0. The van der Waals surface area contributed by atoms with Crippen LogP contribution < -0.4 is 5.73 Å². The van der Waals surface area contributed by atoms with Crippen LogP contribution in [-0.4, -0.2) is 0 Å². The minimum atomic E-state index is -0.411. The van der Waals surface area contributed by atoms with Crippen molar-refractivity contribution in [3.63, 3.8) is 0 Å². The van der Waals surface area contributed by atoms with Crippen LogP contribution in [0.2, 0.25) is 5.02 Å². The van der Waals surface area contributed by atoms with Gasteiger partial charge in [-0.2, -0.15) is 0 Å². The van der Waals surface area contributed by atoms with Gasteiger partial charge in [0, 0.05) is 17.7 Å². The van der Waals surface area contributed by atoms with Crippen LogP contribution in [0.25, 0.3) is 11.1 Å². The molecule has 1 nitrogen and oxygen atoms in total. The molecule has 0 saturated carbocycles. The molecule has 18 heavy (non-hydrogen) atoms. The Morgan fingerprint density at radius 2 is 1.78 bits per heavy atom. The third kappa shape index (κ3) is 2.37. The topological polar surface area (TPSA) is 26.0 Å². The first-order chi connectivity index (χ1) is 8.52. The lowest BCUT2D eigenvalue weighted by Crippen LogP contribution is -1.98. The monoisotopic (exact) mass is 267 g/mol. The summed E-state index contributed by atoms with van der Waals surface area (Å²) in [6.07, 6.45) is 0. The van der Waals surface area contributed by atoms with E-state index in [2.05, 4.69) is 0 Å². The zero-order valence-electron chi connectivity index (χ0n) is 9.81. The molecule has 0 radical (unpaired) electrons. The van der Waals surface area contributed by atoms with Crippen LogP contribution in [0.1, 0.15) is 11.1 Å². The molecule has 2 N–H and O–H groups in total. The summed E-state index contributed by atoms with van der Waals surface area (Å²) in [6, 6.07) is 7.44. The fraction of sp³-hybridized carbons (Fsp3) is 0.143. The van der Waals surface area contributed by atoms with Gasteiger partial charge in [-0.1, -0.05) is 23.7 Å². The predicted octanol–water partition coefficient (Wildman–Crippen LogP) is 4.05. The van der Waals surface area contributed by atoms with Crippen molar-refractivity contribution in [2.45, 2.75) is 13.5 Å². The molecule has 0 atom stereocenters. The van der Waals surface area contributed by atoms with Crippen molar-refractivity contribution < 1.29 is 8.78 Å². The summed E-state index contributed by atoms with van der Waals surface area (Å²) in [7, 11) is 0. The smallest absolute Gasteiger partial charge is 0.131 e. The van der Waals surface area contributed by atoms with E-state index < -0.39 is 11.6 Å². The Kier molecular flexibility index (Phi) is 3.64. The molecule has 0 aliphatic carbocycles. The minimum absolute atomic E-state index is 0.192. The highest BCUT2D eigenvalue weighted by Crippen LogP contribution is 2.32. The summed E-state index contributed by atoms with van der Waals surface area (Å²) in [6.45, 7) is 1.88. The summed E-state index contributed by atoms with van der Waals surface area (Å²) < 4.78 is 27.2. The van der Waals surface area contributed by atoms with Crippen molar-refractivity contribution >= 4 is 11.6 Å². The Morgan fingerprint density at radius 1 is 1.06 bits per heavy atom. The molecule has 0 aromatic heterocycles. The van der Waals surface area contributed by atoms with Gasteiger partial charge in [-0.25, -0.2) is 8.78 Å². The summed E-state index contributed by atoms with van der Waals surface area (Å²) in [5, 5.41) is 0.192. The van der Waals surface area contributed by atoms with E-state index in [1.165, 1.54) is 18.2 Å². The first-order valence-corrected chi connectivity index (χ1v) is 5.85. The highest BCUT2D eigenvalue weighted by molar-refractivity contribution is 6.33. The lowest BCUT2D eigenvalue weighted by Gasteiger charge is -2.09. The van der Waals surface area contributed by atoms with Crippen LogP contribution in [-0.2, 0) is 6.54 Å². The van der Waals surface area contributed by atoms with Crippen molar-refractivity contribution in [2.75, 3.05) is 0 Å². The van der Waals surface area contributed by atoms with E-state index in [1.807, 2.05) is 0 Å². The Bertz CT molecular complexity index is 597. The van der Waals surface area contributed by atoms with Gasteiger partial charge >= 0.3 is 0 Å². The van der Waals surface area contributed by atoms with Crippen LogP contribution in [0.15, 0.2) is 30.3 Å². The standard InChI is InChI=1S/C14H12ClF2N/c1-8-4-11(12(15)6-13(8)16)10-3-2-9(7-18)5-14(10)17/h2-6H,7,18H2,1H3. The highest BCUT2D eigenvalue weighted by atomic mass is 35.5. The van der Waals surface area contributed by atoms with Gasteiger partial charge < -0.3 is 5.73 Å². The van der Waals surface area contributed by atoms with E-state index in [0.29, 0.717) is 22.3 Å². The molecule has 94 valence electrons. The molecule has 2 aromatic carbocycles. The highest BCUT2D eigenvalue weighted by Gasteiger charge is 2.12. The predicted molar refractivity (Wildman–Crippen MR) is 69.4 cm³/mol. The van der Waals surface area contributed by atoms with Crippen LogP contribution in [0, 0.1) is 18.6 Å². The number of nitrogens with two attached hydrogens (primary N) is 1. The van der Waals surface area contributed by atoms with Crippen LogP contribution >= 0.6 is 11.6 Å². The van der Waals surface area contributed by atoms with Crippen molar-refractivity contribution in [3.05, 3.63) is 58.1 Å². The van der Waals surface area contributed by atoms with Gasteiger partial charge in [0.25, 0.3) is 0 Å². The first kappa shape index (κ1) is 13.0. The zero-order valence-corrected chi connectivity index (χ0v) is 10.6. The summed E-state index contributed by atoms with van der Waals surface area (Å²) >= 11 is 5.95. The molecule has 0 saturated heterocycles. The maximum absolute atomic E-state index is 13.9. The number of hydrogen-bond acceptors (Lipinski definition) is 1. The average Bonchev–Trinajstić information content (AvgIpc) is 2.34. The Labute approximate surface area is 109 Å². The van der Waals surface area contributed by atoms with Crippen molar-refractivity contribution in [2.24, 2.45) is 5.73 Å². The van der Waals surface area contributed by atoms with Gasteiger partial charge in [0.15, 0.2) is 0 Å². The van der Waals surface area contributed by atoms with Crippen molar-refractivity contribution in [1.82, 2.24) is 0 Å². The van der Waals surface area contributed by atoms with E-state index in [1.54, 1.807) is 19.1 Å². The van der Waals surface area contributed by atoms with Crippen LogP contribution in [0.5, 0.6) is 0 Å². The van der Waals surface area contributed by atoms with E-state index in [-0.39, 0.29) is 11.6 Å². The van der Waals surface area contributed by atoms with E-state index in [9.17, 15) is 8.78 Å². The van der Waals surface area contributed by atoms with Crippen LogP contribution in [0.3, 0.4) is 0 Å². The lowest BCUT2D eigenvalue weighted by molar-refractivity contribution is 0.617. The molecule has 0 amide bonds. The van der Waals surface area contributed by atoms with Gasteiger partial charge in [0.1, 0.15) is 11.6 Å². The van der Waals surface area contributed by atoms with Crippen molar-refractivity contribution in [3.8, 4) is 11.1 Å². The Balaban J connectivity index is 2.58. The maximum Gasteiger partial charge on any atom is 0.131 e. The van der Waals surface area contributed by atoms with Crippen molar-refractivity contribution in [1.29, 1.82) is 0 Å². The summed E-state index contributed by atoms with van der Waals surface area (Å²) in [5.41, 5.74) is 7.40. The summed E-state index contributed by atoms with van der Waals surface area (Å²) in [4.78, 5) is 0. The maximum atomic E-state index is 13.9. The third-order valence-corrected chi connectivity index (χ3v) is 3.12. The van der Waals surface area contributed by atoms with E-state index in [4.69, 9.17) is 17.3 Å². The Hall–Kier alpha value is -1.45. The molecule has 0 bridgehead atoms. The second-order valence-corrected chi connectivity index (χ2v) is 4.51. The normalized spacial score (nSPS) is 10.7. The number of benzene rings is 2. The largest absolute Gasteiger partial charge is 0.326 e. The van der Waals surface area contributed by atoms with Gasteiger partial charge in [-0.05, 0) is 36.2 Å². The fourth-order valence-corrected chi connectivity index (χ4v) is 2.02. The molecular weight excluding hydrogens is 256 g/mol. The number of rotatable bonds is 2. The molecular formula is C14H12ClF2N. The van der Waals surface area contributed by atoms with E-state index in [0.717, 1.165) is 0 Å². The molecule has 0 heterocycles. The van der Waals surface area contributed by atoms with Gasteiger partial charge in [0.05, 0.1) is 5.02 Å². The molecule has 0 aliphatic rings. The van der Waals surface area contributed by atoms with Gasteiger partial charge in [-0.15, -0.1) is 0 Å². The van der Waals surface area contributed by atoms with E-state index >= 15 is 0 Å². The quantitative estimate of drug-likeness (QED) is 0.873. The second-order valence-electron chi connectivity index (χ2n) is 4.10. The number of hydrogen-bond donors (Lipinski definition) is 1. The molecule has 0 spiro atoms. The molecule has 0 unspecified atom stereocenters. The number of halogens is 3. The molecule has 2 rings (SSSR count). The van der Waals surface area contributed by atoms with Gasteiger partial charge in [-0.3, -0.25) is 0 Å². The number of aryl methyl sites for hydroxylation is 1. The molecule has 4 heteroatoms. The Morgan fingerprint density at radius 3 is 2.39 bits per heavy atom. The SMILES string of the molecule is Cc1cc(-c2ccc(CN)cc2F)c(Cl)cc1F. The summed E-state index contributed by atoms with van der Waals surface area (Å²) in [5.74, 6) is -0.811. The average molecular weight is 268 g/mol. The minimum Gasteiger partial charge on any atom is -0.326 e. The molecule has 0 aliphatic heterocycles. The van der Waals surface area contributed by atoms with Gasteiger partial charge in [0.2, 0.25) is 0 Å². The molecule has 0 fully saturated rings. The molecule has 2 aromatic rings. The first-order valence-electron chi connectivity index (χ1n) is 5.47. The fourth-order valence-electron chi connectivity index (χ4n) is 1.77. The second kappa shape index (κ2) is 5.04. The third-order valence-electron chi connectivity index (χ3n) is 2.81.